The molecule has 1 atom stereocenters. The van der Waals surface area contributed by atoms with Crippen LogP contribution in [0.4, 0.5) is 10.1 Å². The van der Waals surface area contributed by atoms with Gasteiger partial charge in [0.25, 0.3) is 17.7 Å². The molecule has 0 N–H and O–H groups in total. The van der Waals surface area contributed by atoms with Gasteiger partial charge in [0.2, 0.25) is 0 Å². The molecule has 0 bridgehead atoms. The van der Waals surface area contributed by atoms with Gasteiger partial charge in [0, 0.05) is 12.1 Å². The molecule has 3 aromatic carbocycles. The summed E-state index contributed by atoms with van der Waals surface area (Å²) >= 11 is 0. The first-order valence-electron chi connectivity index (χ1n) is 11.0. The van der Waals surface area contributed by atoms with Gasteiger partial charge >= 0.3 is 0 Å². The van der Waals surface area contributed by atoms with E-state index in [4.69, 9.17) is 0 Å². The van der Waals surface area contributed by atoms with Gasteiger partial charge < -0.3 is 4.90 Å². The zero-order valence-electron chi connectivity index (χ0n) is 18.5. The third-order valence-electron chi connectivity index (χ3n) is 6.51. The molecule has 5 nitrogen and oxygen atoms in total. The van der Waals surface area contributed by atoms with Crippen LogP contribution in [-0.4, -0.2) is 29.2 Å². The van der Waals surface area contributed by atoms with Crippen LogP contribution in [-0.2, 0) is 0 Å². The summed E-state index contributed by atoms with van der Waals surface area (Å²) < 4.78 is 13.3. The molecule has 3 amide bonds. The van der Waals surface area contributed by atoms with Gasteiger partial charge in [-0.15, -0.1) is 0 Å². The van der Waals surface area contributed by atoms with Crippen LogP contribution in [0.25, 0.3) is 0 Å². The van der Waals surface area contributed by atoms with Crippen molar-refractivity contribution in [2.75, 3.05) is 11.4 Å². The maximum atomic E-state index is 13.4. The number of hydrogen-bond donors (Lipinski definition) is 0. The fourth-order valence-electron chi connectivity index (χ4n) is 4.76. The zero-order valence-corrected chi connectivity index (χ0v) is 18.5. The van der Waals surface area contributed by atoms with Crippen molar-refractivity contribution in [1.29, 1.82) is 0 Å². The Bertz CT molecular complexity index is 1300. The number of halogens is 1. The summed E-state index contributed by atoms with van der Waals surface area (Å²) in [4.78, 5) is 42.6. The fraction of sp³-hybridized carbons (Fsp3) is 0.222. The number of fused-ring (bicyclic) bond motifs is 1. The Kier molecular flexibility index (Phi) is 5.08. The molecule has 2 aliphatic heterocycles. The zero-order chi connectivity index (χ0) is 23.3. The van der Waals surface area contributed by atoms with Crippen molar-refractivity contribution in [3.63, 3.8) is 0 Å². The van der Waals surface area contributed by atoms with E-state index in [9.17, 15) is 18.8 Å². The lowest BCUT2D eigenvalue weighted by Gasteiger charge is -2.25. The Morgan fingerprint density at radius 3 is 2.39 bits per heavy atom. The Morgan fingerprint density at radius 2 is 1.64 bits per heavy atom. The van der Waals surface area contributed by atoms with Crippen LogP contribution in [0.5, 0.6) is 0 Å². The van der Waals surface area contributed by atoms with Gasteiger partial charge in [-0.3, -0.25) is 14.4 Å². The lowest BCUT2D eigenvalue weighted by atomic mass is 10.0. The van der Waals surface area contributed by atoms with Crippen molar-refractivity contribution < 1.29 is 18.8 Å². The summed E-state index contributed by atoms with van der Waals surface area (Å²) in [6.07, 6.45) is 1.64. The Hall–Kier alpha value is -3.80. The number of benzene rings is 3. The molecule has 166 valence electrons. The topological polar surface area (TPSA) is 57.7 Å². The summed E-state index contributed by atoms with van der Waals surface area (Å²) in [6.45, 7) is 4.35. The van der Waals surface area contributed by atoms with E-state index in [1.165, 1.54) is 23.1 Å². The van der Waals surface area contributed by atoms with Crippen molar-refractivity contribution in [2.45, 2.75) is 32.7 Å². The molecule has 3 aromatic rings. The van der Waals surface area contributed by atoms with Crippen molar-refractivity contribution in [3.8, 4) is 0 Å². The normalized spacial score (nSPS) is 17.6. The van der Waals surface area contributed by atoms with E-state index in [-0.39, 0.29) is 29.2 Å². The van der Waals surface area contributed by atoms with E-state index >= 15 is 0 Å². The lowest BCUT2D eigenvalue weighted by molar-refractivity contribution is 0.0735. The predicted octanol–water partition coefficient (Wildman–Crippen LogP) is 5.22. The van der Waals surface area contributed by atoms with Gasteiger partial charge in [0.1, 0.15) is 5.82 Å². The fourth-order valence-corrected chi connectivity index (χ4v) is 4.76. The number of nitrogens with zero attached hydrogens (tertiary/aromatic N) is 2. The van der Waals surface area contributed by atoms with E-state index in [0.29, 0.717) is 23.4 Å². The lowest BCUT2D eigenvalue weighted by Crippen LogP contribution is -2.31. The molecule has 0 aliphatic carbocycles. The van der Waals surface area contributed by atoms with Crippen LogP contribution >= 0.6 is 0 Å². The minimum atomic E-state index is -0.421. The van der Waals surface area contributed by atoms with Gasteiger partial charge in [-0.25, -0.2) is 9.29 Å². The first-order chi connectivity index (χ1) is 15.8. The highest BCUT2D eigenvalue weighted by Gasteiger charge is 2.39. The highest BCUT2D eigenvalue weighted by Crippen LogP contribution is 2.35. The molecule has 5 rings (SSSR count). The first kappa shape index (κ1) is 21.1. The maximum Gasteiger partial charge on any atom is 0.266 e. The van der Waals surface area contributed by atoms with Crippen molar-refractivity contribution in [2.24, 2.45) is 0 Å². The van der Waals surface area contributed by atoms with Crippen LogP contribution in [0, 0.1) is 19.7 Å². The highest BCUT2D eigenvalue weighted by atomic mass is 19.1. The van der Waals surface area contributed by atoms with Crippen molar-refractivity contribution in [3.05, 3.63) is 99.9 Å². The second-order valence-electron chi connectivity index (χ2n) is 8.70. The average molecular weight is 442 g/mol. The Labute approximate surface area is 191 Å². The number of anilines is 1. The third kappa shape index (κ3) is 3.52. The number of carbonyl (C=O) groups excluding carboxylic acids is 3. The predicted molar refractivity (Wildman–Crippen MR) is 123 cm³/mol. The van der Waals surface area contributed by atoms with E-state index in [0.717, 1.165) is 29.5 Å². The molecule has 1 saturated heterocycles. The van der Waals surface area contributed by atoms with E-state index in [1.54, 1.807) is 29.2 Å². The van der Waals surface area contributed by atoms with Crippen LogP contribution < -0.4 is 4.90 Å². The van der Waals surface area contributed by atoms with Gasteiger partial charge in [-0.1, -0.05) is 24.3 Å². The smallest absolute Gasteiger partial charge is 0.266 e. The molecule has 2 aliphatic rings. The Balaban J connectivity index is 1.46. The van der Waals surface area contributed by atoms with E-state index in [2.05, 4.69) is 0 Å². The van der Waals surface area contributed by atoms with Gasteiger partial charge in [0.15, 0.2) is 0 Å². The molecule has 1 unspecified atom stereocenters. The molecule has 0 saturated carbocycles. The SMILES string of the molecule is Cc1ccc(C)c(N2C(=O)c3ccc(C(=O)N4CCCC4c4ccc(F)cc4)cc3C2=O)c1. The number of aryl methyl sites for hydroxylation is 2. The van der Waals surface area contributed by atoms with Crippen molar-refractivity contribution in [1.82, 2.24) is 4.90 Å². The second kappa shape index (κ2) is 7.96. The van der Waals surface area contributed by atoms with Gasteiger partial charge in [-0.2, -0.15) is 0 Å². The first-order valence-corrected chi connectivity index (χ1v) is 11.0. The molecule has 0 aromatic heterocycles. The quantitative estimate of drug-likeness (QED) is 0.523. The van der Waals surface area contributed by atoms with Crippen LogP contribution in [0.1, 0.15) is 66.6 Å². The molecule has 0 spiro atoms. The molecule has 6 heteroatoms. The monoisotopic (exact) mass is 442 g/mol. The number of rotatable bonds is 3. The third-order valence-corrected chi connectivity index (χ3v) is 6.51. The van der Waals surface area contributed by atoms with Crippen LogP contribution in [0.2, 0.25) is 0 Å². The number of amides is 3. The molecule has 1 fully saturated rings. The summed E-state index contributed by atoms with van der Waals surface area (Å²) in [5.74, 6) is -1.32. The van der Waals surface area contributed by atoms with Gasteiger partial charge in [0.05, 0.1) is 22.9 Å². The summed E-state index contributed by atoms with van der Waals surface area (Å²) in [5, 5.41) is 0. The number of hydrogen-bond acceptors (Lipinski definition) is 3. The van der Waals surface area contributed by atoms with Gasteiger partial charge in [-0.05, 0) is 79.8 Å². The largest absolute Gasteiger partial charge is 0.332 e. The van der Waals surface area contributed by atoms with E-state index in [1.807, 2.05) is 32.0 Å². The molecule has 2 heterocycles. The average Bonchev–Trinajstić information content (AvgIpc) is 3.39. The summed E-state index contributed by atoms with van der Waals surface area (Å²) in [6, 6.07) is 16.4. The minimum absolute atomic E-state index is 0.143. The van der Waals surface area contributed by atoms with Crippen LogP contribution in [0.3, 0.4) is 0 Å². The highest BCUT2D eigenvalue weighted by molar-refractivity contribution is 6.35. The Morgan fingerprint density at radius 1 is 0.909 bits per heavy atom. The molecular formula is C27H23FN2O3. The second-order valence-corrected chi connectivity index (χ2v) is 8.70. The number of carbonyl (C=O) groups is 3. The number of likely N-dealkylation sites (tertiary alicyclic amines) is 1. The van der Waals surface area contributed by atoms with Crippen molar-refractivity contribution >= 4 is 23.4 Å². The standard InChI is InChI=1S/C27H23FN2O3/c1-16-5-6-17(2)24(14-16)30-26(32)21-12-9-19(15-22(21)27(30)33)25(31)29-13-3-4-23(29)18-7-10-20(28)11-8-18/h5-12,14-15,23H,3-4,13H2,1-2H3. The number of imide groups is 1. The minimum Gasteiger partial charge on any atom is -0.332 e. The molecule has 33 heavy (non-hydrogen) atoms. The summed E-state index contributed by atoms with van der Waals surface area (Å²) in [7, 11) is 0. The molecular weight excluding hydrogens is 419 g/mol. The van der Waals surface area contributed by atoms with E-state index < -0.39 is 5.91 Å². The summed E-state index contributed by atoms with van der Waals surface area (Å²) in [5.41, 5.74) is 4.13. The molecule has 0 radical (unpaired) electrons. The van der Waals surface area contributed by atoms with Crippen LogP contribution in [0.15, 0.2) is 60.7 Å². The maximum absolute atomic E-state index is 13.4.